The SMILES string of the molecule is CCNC(=NCc1ccc(Cn2ccnc2)cc1)N(C)CCc1ccc(OC)c(OC)c1. The molecule has 0 saturated carbocycles. The average Bonchev–Trinajstić information content (AvgIpc) is 3.34. The number of hydrogen-bond acceptors (Lipinski definition) is 4. The van der Waals surface area contributed by atoms with Gasteiger partial charge in [0.2, 0.25) is 0 Å². The van der Waals surface area contributed by atoms with E-state index in [2.05, 4.69) is 64.1 Å². The molecule has 0 saturated heterocycles. The van der Waals surface area contributed by atoms with Crippen molar-refractivity contribution in [2.24, 2.45) is 4.99 Å². The molecule has 0 fully saturated rings. The second kappa shape index (κ2) is 11.8. The fourth-order valence-electron chi connectivity index (χ4n) is 3.42. The summed E-state index contributed by atoms with van der Waals surface area (Å²) in [5, 5.41) is 3.39. The van der Waals surface area contributed by atoms with Gasteiger partial charge in [-0.25, -0.2) is 9.98 Å². The molecule has 7 nitrogen and oxygen atoms in total. The van der Waals surface area contributed by atoms with Gasteiger partial charge in [-0.2, -0.15) is 0 Å². The fourth-order valence-corrected chi connectivity index (χ4v) is 3.42. The van der Waals surface area contributed by atoms with E-state index in [9.17, 15) is 0 Å². The summed E-state index contributed by atoms with van der Waals surface area (Å²) >= 11 is 0. The molecule has 1 heterocycles. The Hall–Kier alpha value is -3.48. The molecule has 0 aliphatic carbocycles. The molecular weight excluding hydrogens is 402 g/mol. The van der Waals surface area contributed by atoms with Gasteiger partial charge in [-0.15, -0.1) is 0 Å². The van der Waals surface area contributed by atoms with Gasteiger partial charge in [-0.1, -0.05) is 30.3 Å². The van der Waals surface area contributed by atoms with Gasteiger partial charge < -0.3 is 24.3 Å². The first-order chi connectivity index (χ1) is 15.6. The van der Waals surface area contributed by atoms with Crippen molar-refractivity contribution < 1.29 is 9.47 Å². The molecule has 1 aromatic heterocycles. The van der Waals surface area contributed by atoms with Crippen LogP contribution in [-0.2, 0) is 19.5 Å². The third kappa shape index (κ3) is 6.51. The lowest BCUT2D eigenvalue weighted by Gasteiger charge is -2.22. The van der Waals surface area contributed by atoms with E-state index >= 15 is 0 Å². The van der Waals surface area contributed by atoms with Crippen LogP contribution in [0.3, 0.4) is 0 Å². The highest BCUT2D eigenvalue weighted by molar-refractivity contribution is 5.79. The quantitative estimate of drug-likeness (QED) is 0.390. The van der Waals surface area contributed by atoms with Crippen molar-refractivity contribution in [1.29, 1.82) is 0 Å². The lowest BCUT2D eigenvalue weighted by atomic mass is 10.1. The highest BCUT2D eigenvalue weighted by atomic mass is 16.5. The number of guanidine groups is 1. The first-order valence-electron chi connectivity index (χ1n) is 10.9. The standard InChI is InChI=1S/C25H33N5O2/c1-5-27-25(29(2)14-12-20-10-11-23(31-3)24(16-20)32-4)28-17-21-6-8-22(9-7-21)18-30-15-13-26-19-30/h6-11,13,15-16,19H,5,12,14,17-18H2,1-4H3,(H,27,28). The third-order valence-corrected chi connectivity index (χ3v) is 5.24. The molecule has 2 aromatic carbocycles. The van der Waals surface area contributed by atoms with Gasteiger partial charge in [0.25, 0.3) is 0 Å². The number of likely N-dealkylation sites (N-methyl/N-ethyl adjacent to an activating group) is 1. The van der Waals surface area contributed by atoms with Crippen LogP contribution >= 0.6 is 0 Å². The van der Waals surface area contributed by atoms with Crippen molar-refractivity contribution in [2.45, 2.75) is 26.4 Å². The van der Waals surface area contributed by atoms with Crippen molar-refractivity contribution in [3.63, 3.8) is 0 Å². The molecular formula is C25H33N5O2. The van der Waals surface area contributed by atoms with E-state index in [1.54, 1.807) is 20.4 Å². The number of nitrogens with one attached hydrogen (secondary N) is 1. The summed E-state index contributed by atoms with van der Waals surface area (Å²) in [5.41, 5.74) is 3.62. The van der Waals surface area contributed by atoms with E-state index in [0.717, 1.165) is 43.5 Å². The Bertz CT molecular complexity index is 984. The Morgan fingerprint density at radius 1 is 1.03 bits per heavy atom. The minimum absolute atomic E-state index is 0.633. The molecule has 0 bridgehead atoms. The van der Waals surface area contributed by atoms with Crippen LogP contribution < -0.4 is 14.8 Å². The van der Waals surface area contributed by atoms with Gasteiger partial charge in [0.15, 0.2) is 17.5 Å². The van der Waals surface area contributed by atoms with Gasteiger partial charge >= 0.3 is 0 Å². The molecule has 0 aliphatic heterocycles. The van der Waals surface area contributed by atoms with Gasteiger partial charge in [0, 0.05) is 39.1 Å². The molecule has 0 atom stereocenters. The van der Waals surface area contributed by atoms with E-state index in [1.165, 1.54) is 16.7 Å². The van der Waals surface area contributed by atoms with Crippen molar-refractivity contribution in [2.75, 3.05) is 34.4 Å². The summed E-state index contributed by atoms with van der Waals surface area (Å²) in [6.45, 7) is 5.20. The minimum atomic E-state index is 0.633. The smallest absolute Gasteiger partial charge is 0.193 e. The van der Waals surface area contributed by atoms with Crippen LogP contribution in [0, 0.1) is 0 Å². The molecule has 7 heteroatoms. The maximum atomic E-state index is 5.42. The lowest BCUT2D eigenvalue weighted by Crippen LogP contribution is -2.39. The van der Waals surface area contributed by atoms with Crippen molar-refractivity contribution in [3.05, 3.63) is 77.9 Å². The zero-order chi connectivity index (χ0) is 22.8. The second-order valence-corrected chi connectivity index (χ2v) is 7.58. The lowest BCUT2D eigenvalue weighted by molar-refractivity contribution is 0.354. The normalized spacial score (nSPS) is 11.3. The van der Waals surface area contributed by atoms with Gasteiger partial charge in [-0.3, -0.25) is 0 Å². The summed E-state index contributed by atoms with van der Waals surface area (Å²) in [7, 11) is 5.38. The number of methoxy groups -OCH3 is 2. The molecule has 0 radical (unpaired) electrons. The van der Waals surface area contributed by atoms with Gasteiger partial charge in [0.1, 0.15) is 0 Å². The summed E-state index contributed by atoms with van der Waals surface area (Å²) in [6.07, 6.45) is 6.48. The van der Waals surface area contributed by atoms with Crippen LogP contribution in [0.5, 0.6) is 11.5 Å². The summed E-state index contributed by atoms with van der Waals surface area (Å²) in [4.78, 5) is 11.1. The Balaban J connectivity index is 1.58. The highest BCUT2D eigenvalue weighted by Crippen LogP contribution is 2.27. The van der Waals surface area contributed by atoms with E-state index < -0.39 is 0 Å². The number of benzene rings is 2. The molecule has 1 N–H and O–H groups in total. The van der Waals surface area contributed by atoms with Gasteiger partial charge in [0.05, 0.1) is 27.1 Å². The van der Waals surface area contributed by atoms with Crippen LogP contribution in [-0.4, -0.2) is 54.8 Å². The predicted octanol–water partition coefficient (Wildman–Crippen LogP) is 3.59. The van der Waals surface area contributed by atoms with E-state index in [1.807, 2.05) is 24.7 Å². The Labute approximate surface area is 190 Å². The van der Waals surface area contributed by atoms with Crippen LogP contribution in [0.15, 0.2) is 66.2 Å². The Kier molecular flexibility index (Phi) is 8.54. The summed E-state index contributed by atoms with van der Waals surface area (Å²) in [5.74, 6) is 2.40. The van der Waals surface area contributed by atoms with Crippen molar-refractivity contribution >= 4 is 5.96 Å². The first kappa shape index (κ1) is 23.2. The van der Waals surface area contributed by atoms with E-state index in [0.29, 0.717) is 6.54 Å². The molecule has 0 unspecified atom stereocenters. The van der Waals surface area contributed by atoms with Crippen molar-refractivity contribution in [1.82, 2.24) is 19.8 Å². The van der Waals surface area contributed by atoms with E-state index in [4.69, 9.17) is 14.5 Å². The second-order valence-electron chi connectivity index (χ2n) is 7.58. The minimum Gasteiger partial charge on any atom is -0.493 e. The number of aromatic nitrogens is 2. The van der Waals surface area contributed by atoms with Crippen LogP contribution in [0.25, 0.3) is 0 Å². The third-order valence-electron chi connectivity index (χ3n) is 5.24. The first-order valence-corrected chi connectivity index (χ1v) is 10.9. The molecule has 3 aromatic rings. The maximum absolute atomic E-state index is 5.42. The Morgan fingerprint density at radius 2 is 1.75 bits per heavy atom. The predicted molar refractivity (Wildman–Crippen MR) is 128 cm³/mol. The summed E-state index contributed by atoms with van der Waals surface area (Å²) < 4.78 is 12.8. The summed E-state index contributed by atoms with van der Waals surface area (Å²) in [6, 6.07) is 14.6. The number of ether oxygens (including phenoxy) is 2. The number of nitrogens with zero attached hydrogens (tertiary/aromatic N) is 4. The molecule has 3 rings (SSSR count). The van der Waals surface area contributed by atoms with Crippen LogP contribution in [0.4, 0.5) is 0 Å². The fraction of sp³-hybridized carbons (Fsp3) is 0.360. The maximum Gasteiger partial charge on any atom is 0.193 e. The number of aliphatic imine (C=N–C) groups is 1. The molecule has 0 aliphatic rings. The molecule has 170 valence electrons. The zero-order valence-corrected chi connectivity index (χ0v) is 19.4. The van der Waals surface area contributed by atoms with Crippen LogP contribution in [0.1, 0.15) is 23.6 Å². The molecule has 0 amide bonds. The largest absolute Gasteiger partial charge is 0.493 e. The van der Waals surface area contributed by atoms with Crippen LogP contribution in [0.2, 0.25) is 0 Å². The van der Waals surface area contributed by atoms with Crippen molar-refractivity contribution in [3.8, 4) is 11.5 Å². The number of rotatable bonds is 10. The molecule has 32 heavy (non-hydrogen) atoms. The monoisotopic (exact) mass is 435 g/mol. The topological polar surface area (TPSA) is 63.9 Å². The highest BCUT2D eigenvalue weighted by Gasteiger charge is 2.09. The van der Waals surface area contributed by atoms with E-state index in [-0.39, 0.29) is 0 Å². The number of imidazole rings is 1. The van der Waals surface area contributed by atoms with Gasteiger partial charge in [-0.05, 0) is 42.2 Å². The molecule has 0 spiro atoms. The zero-order valence-electron chi connectivity index (χ0n) is 19.4. The Morgan fingerprint density at radius 3 is 2.41 bits per heavy atom. The average molecular weight is 436 g/mol. The number of hydrogen-bond donors (Lipinski definition) is 1.